The van der Waals surface area contributed by atoms with Crippen LogP contribution in [0.1, 0.15) is 10.4 Å². The van der Waals surface area contributed by atoms with Crippen molar-refractivity contribution in [3.8, 4) is 0 Å². The van der Waals surface area contributed by atoms with Gasteiger partial charge in [0.05, 0.1) is 5.02 Å². The van der Waals surface area contributed by atoms with Crippen LogP contribution in [0.4, 0.5) is 0 Å². The summed E-state index contributed by atoms with van der Waals surface area (Å²) in [6.07, 6.45) is 0. The molecular formula is C21H18Cl2N2O3S. The highest BCUT2D eigenvalue weighted by atomic mass is 35.5. The van der Waals surface area contributed by atoms with Crippen molar-refractivity contribution in [2.45, 2.75) is 4.90 Å². The van der Waals surface area contributed by atoms with E-state index in [1.54, 1.807) is 17.0 Å². The molecule has 0 spiro atoms. The fraction of sp³-hybridized carbons (Fsp3) is 0.190. The molecule has 0 radical (unpaired) electrons. The van der Waals surface area contributed by atoms with E-state index in [1.165, 1.54) is 16.4 Å². The minimum absolute atomic E-state index is 0.0130. The fourth-order valence-corrected chi connectivity index (χ4v) is 5.61. The summed E-state index contributed by atoms with van der Waals surface area (Å²) in [5.41, 5.74) is 0.595. The van der Waals surface area contributed by atoms with Crippen LogP contribution in [0.3, 0.4) is 0 Å². The second-order valence-corrected chi connectivity index (χ2v) is 9.58. The third-order valence-corrected chi connectivity index (χ3v) is 7.65. The van der Waals surface area contributed by atoms with Gasteiger partial charge in [0.15, 0.2) is 0 Å². The molecule has 1 amide bonds. The Hall–Kier alpha value is -2.12. The number of halogens is 2. The minimum atomic E-state index is -3.78. The lowest BCUT2D eigenvalue weighted by atomic mass is 10.1. The predicted octanol–water partition coefficient (Wildman–Crippen LogP) is 4.29. The molecule has 0 aromatic heterocycles. The number of amides is 1. The Labute approximate surface area is 179 Å². The van der Waals surface area contributed by atoms with Crippen LogP contribution < -0.4 is 0 Å². The van der Waals surface area contributed by atoms with E-state index in [0.717, 1.165) is 10.8 Å². The molecule has 29 heavy (non-hydrogen) atoms. The Bertz CT molecular complexity index is 1190. The van der Waals surface area contributed by atoms with Gasteiger partial charge in [-0.2, -0.15) is 4.31 Å². The van der Waals surface area contributed by atoms with E-state index in [2.05, 4.69) is 0 Å². The number of fused-ring (bicyclic) bond motifs is 1. The summed E-state index contributed by atoms with van der Waals surface area (Å²) in [6, 6.07) is 17.8. The number of hydrogen-bond donors (Lipinski definition) is 0. The highest BCUT2D eigenvalue weighted by molar-refractivity contribution is 7.89. The normalized spacial score (nSPS) is 15.6. The first-order chi connectivity index (χ1) is 13.9. The van der Waals surface area contributed by atoms with Crippen LogP contribution in [0, 0.1) is 0 Å². The Morgan fingerprint density at radius 2 is 1.52 bits per heavy atom. The van der Waals surface area contributed by atoms with Crippen molar-refractivity contribution in [1.29, 1.82) is 0 Å². The van der Waals surface area contributed by atoms with Gasteiger partial charge >= 0.3 is 0 Å². The number of nitrogens with zero attached hydrogens (tertiary/aromatic N) is 2. The molecule has 1 aliphatic rings. The SMILES string of the molecule is O=C(c1ccc2ccccc2c1)N1CCN(S(=O)(=O)c2cc(Cl)ccc2Cl)CC1. The molecule has 8 heteroatoms. The second-order valence-electron chi connectivity index (χ2n) is 6.83. The number of carbonyl (C=O) groups excluding carboxylic acids is 1. The van der Waals surface area contributed by atoms with Crippen molar-refractivity contribution in [3.63, 3.8) is 0 Å². The monoisotopic (exact) mass is 448 g/mol. The molecule has 4 rings (SSSR count). The van der Waals surface area contributed by atoms with Gasteiger partial charge < -0.3 is 4.90 Å². The number of sulfonamides is 1. The minimum Gasteiger partial charge on any atom is -0.336 e. The summed E-state index contributed by atoms with van der Waals surface area (Å²) < 4.78 is 27.2. The Kier molecular flexibility index (Phi) is 5.53. The summed E-state index contributed by atoms with van der Waals surface area (Å²) in [5, 5.41) is 2.50. The molecule has 0 aliphatic carbocycles. The average molecular weight is 449 g/mol. The van der Waals surface area contributed by atoms with Crippen LogP contribution in [0.25, 0.3) is 10.8 Å². The van der Waals surface area contributed by atoms with Crippen LogP contribution in [-0.2, 0) is 10.0 Å². The first-order valence-electron chi connectivity index (χ1n) is 9.09. The summed E-state index contributed by atoms with van der Waals surface area (Å²) in [7, 11) is -3.78. The topological polar surface area (TPSA) is 57.7 Å². The summed E-state index contributed by atoms with van der Waals surface area (Å²) in [4.78, 5) is 14.6. The van der Waals surface area contributed by atoms with Gasteiger partial charge in [-0.1, -0.05) is 53.5 Å². The molecule has 0 bridgehead atoms. The molecule has 1 fully saturated rings. The van der Waals surface area contributed by atoms with E-state index in [4.69, 9.17) is 23.2 Å². The number of piperazine rings is 1. The van der Waals surface area contributed by atoms with E-state index in [9.17, 15) is 13.2 Å². The van der Waals surface area contributed by atoms with Gasteiger partial charge in [0.25, 0.3) is 5.91 Å². The number of benzene rings is 3. The Morgan fingerprint density at radius 1 is 0.828 bits per heavy atom. The van der Waals surface area contributed by atoms with Crippen LogP contribution >= 0.6 is 23.2 Å². The van der Waals surface area contributed by atoms with Gasteiger partial charge in [0.1, 0.15) is 4.90 Å². The fourth-order valence-electron chi connectivity index (χ4n) is 3.45. The van der Waals surface area contributed by atoms with Crippen molar-refractivity contribution in [1.82, 2.24) is 9.21 Å². The number of rotatable bonds is 3. The van der Waals surface area contributed by atoms with Crippen LogP contribution in [0.2, 0.25) is 10.0 Å². The lowest BCUT2D eigenvalue weighted by Gasteiger charge is -2.34. The van der Waals surface area contributed by atoms with Crippen LogP contribution in [-0.4, -0.2) is 49.7 Å². The van der Waals surface area contributed by atoms with Gasteiger partial charge in [-0.25, -0.2) is 8.42 Å². The Balaban J connectivity index is 1.49. The molecule has 0 N–H and O–H groups in total. The van der Waals surface area contributed by atoms with Crippen molar-refractivity contribution in [3.05, 3.63) is 76.3 Å². The first kappa shape index (κ1) is 20.2. The Morgan fingerprint density at radius 3 is 2.24 bits per heavy atom. The van der Waals surface area contributed by atoms with Crippen LogP contribution in [0.5, 0.6) is 0 Å². The van der Waals surface area contributed by atoms with Gasteiger partial charge in [0.2, 0.25) is 10.0 Å². The standard InChI is InChI=1S/C21H18Cl2N2O3S/c22-18-7-8-19(23)20(14-18)29(27,28)25-11-9-24(10-12-25)21(26)17-6-5-15-3-1-2-4-16(15)13-17/h1-8,13-14H,9-12H2. The van der Waals surface area contributed by atoms with Gasteiger partial charge in [0, 0.05) is 36.8 Å². The molecule has 0 saturated carbocycles. The molecule has 1 aliphatic heterocycles. The van der Waals surface area contributed by atoms with E-state index in [-0.39, 0.29) is 28.9 Å². The maximum absolute atomic E-state index is 12.9. The maximum atomic E-state index is 12.9. The smallest absolute Gasteiger partial charge is 0.253 e. The molecule has 0 atom stereocenters. The van der Waals surface area contributed by atoms with Crippen molar-refractivity contribution < 1.29 is 13.2 Å². The molecule has 150 valence electrons. The number of hydrogen-bond acceptors (Lipinski definition) is 3. The molecule has 3 aromatic carbocycles. The molecule has 5 nitrogen and oxygen atoms in total. The third-order valence-electron chi connectivity index (χ3n) is 5.03. The van der Waals surface area contributed by atoms with Gasteiger partial charge in [-0.15, -0.1) is 0 Å². The lowest BCUT2D eigenvalue weighted by molar-refractivity contribution is 0.0698. The highest BCUT2D eigenvalue weighted by Gasteiger charge is 2.32. The zero-order valence-electron chi connectivity index (χ0n) is 15.4. The van der Waals surface area contributed by atoms with E-state index in [1.807, 2.05) is 36.4 Å². The van der Waals surface area contributed by atoms with Crippen LogP contribution in [0.15, 0.2) is 65.6 Å². The molecule has 1 heterocycles. The summed E-state index contributed by atoms with van der Waals surface area (Å²) in [6.45, 7) is 1.02. The van der Waals surface area contributed by atoms with Crippen molar-refractivity contribution in [2.24, 2.45) is 0 Å². The molecule has 1 saturated heterocycles. The zero-order chi connectivity index (χ0) is 20.6. The second kappa shape index (κ2) is 7.95. The highest BCUT2D eigenvalue weighted by Crippen LogP contribution is 2.28. The first-order valence-corrected chi connectivity index (χ1v) is 11.3. The summed E-state index contributed by atoms with van der Waals surface area (Å²) >= 11 is 12.0. The van der Waals surface area contributed by atoms with E-state index < -0.39 is 10.0 Å². The molecule has 0 unspecified atom stereocenters. The largest absolute Gasteiger partial charge is 0.336 e. The molecule has 3 aromatic rings. The van der Waals surface area contributed by atoms with Gasteiger partial charge in [-0.3, -0.25) is 4.79 Å². The lowest BCUT2D eigenvalue weighted by Crippen LogP contribution is -2.50. The maximum Gasteiger partial charge on any atom is 0.253 e. The van der Waals surface area contributed by atoms with E-state index >= 15 is 0 Å². The van der Waals surface area contributed by atoms with Crippen molar-refractivity contribution in [2.75, 3.05) is 26.2 Å². The third kappa shape index (κ3) is 3.98. The predicted molar refractivity (Wildman–Crippen MR) is 115 cm³/mol. The van der Waals surface area contributed by atoms with E-state index in [0.29, 0.717) is 23.7 Å². The number of carbonyl (C=O) groups is 1. The quantitative estimate of drug-likeness (QED) is 0.600. The van der Waals surface area contributed by atoms with Crippen molar-refractivity contribution >= 4 is 49.9 Å². The zero-order valence-corrected chi connectivity index (χ0v) is 17.7. The van der Waals surface area contributed by atoms with Gasteiger partial charge in [-0.05, 0) is 41.1 Å². The summed E-state index contributed by atoms with van der Waals surface area (Å²) in [5.74, 6) is -0.103. The average Bonchev–Trinajstić information content (AvgIpc) is 2.74. The molecular weight excluding hydrogens is 431 g/mol.